The van der Waals surface area contributed by atoms with E-state index in [1.54, 1.807) is 0 Å². The Morgan fingerprint density at radius 2 is 1.08 bits per heavy atom. The molecule has 0 spiro atoms. The minimum atomic E-state index is -3.28. The van der Waals surface area contributed by atoms with Crippen molar-refractivity contribution in [1.29, 1.82) is 0 Å². The number of nitrogens with one attached hydrogen (secondary N) is 1. The molecule has 4 aliphatic heterocycles. The van der Waals surface area contributed by atoms with E-state index in [-0.39, 0.29) is 36.1 Å². The quantitative estimate of drug-likeness (QED) is 0.216. The average molecular weight is 938 g/mol. The molecule has 7 rings (SSSR count). The molecule has 4 aliphatic rings. The van der Waals surface area contributed by atoms with Gasteiger partial charge in [-0.1, -0.05) is 5.16 Å². The minimum Gasteiger partial charge on any atom is -0.484 e. The van der Waals surface area contributed by atoms with Crippen molar-refractivity contribution in [3.8, 4) is 11.5 Å². The smallest absolute Gasteiger partial charge is 0.307 e. The maximum absolute atomic E-state index is 14.8. The molecule has 64 heavy (non-hydrogen) atoms. The Hall–Kier alpha value is -3.24. The van der Waals surface area contributed by atoms with Crippen molar-refractivity contribution in [2.24, 2.45) is 0 Å². The van der Waals surface area contributed by atoms with Gasteiger partial charge in [0.15, 0.2) is 34.8 Å². The number of halogens is 6. The predicted octanol–water partition coefficient (Wildman–Crippen LogP) is 4.35. The third kappa shape index (κ3) is 15.1. The highest BCUT2D eigenvalue weighted by molar-refractivity contribution is 7.88. The van der Waals surface area contributed by atoms with Gasteiger partial charge in [0, 0.05) is 75.8 Å². The minimum absolute atomic E-state index is 0.0464. The Bertz CT molecular complexity index is 2170. The standard InChI is InChI=1S/C22H28F4N4O4S.C17H24F2N2O3S.B4/c1-22(25,26)21-27-19(34-28-21)13-29-7-5-16(6-8-29)33-20-17(23)11-15(12-18(20)24)14-3-9-30(10-4-14)35(2,31)32;1-25(22,23)21-8-4-12(5-9-21)13-10-15(18)17(16(19)11-13)24-14-2-6-20-7-3-14;1-4(2)3/h11-12,14,16H,3-10,13H2,1-2H3;10-12,14,20H,2-9H2,1H3;. The van der Waals surface area contributed by atoms with Crippen LogP contribution in [0.2, 0.25) is 0 Å². The second-order valence-electron chi connectivity index (χ2n) is 16.6. The molecule has 0 amide bonds. The van der Waals surface area contributed by atoms with Crippen LogP contribution in [0, 0.1) is 23.3 Å². The lowest BCUT2D eigenvalue weighted by Gasteiger charge is -2.32. The number of likely N-dealkylation sites (tertiary alicyclic amines) is 1. The van der Waals surface area contributed by atoms with Crippen molar-refractivity contribution in [3.63, 3.8) is 0 Å². The summed E-state index contributed by atoms with van der Waals surface area (Å²) >= 11 is 0. The number of alkyl halides is 2. The molecule has 5 heterocycles. The van der Waals surface area contributed by atoms with E-state index in [0.717, 1.165) is 32.2 Å². The van der Waals surface area contributed by atoms with Gasteiger partial charge in [0.2, 0.25) is 31.8 Å². The summed E-state index contributed by atoms with van der Waals surface area (Å²) < 4.78 is 150. The van der Waals surface area contributed by atoms with Crippen LogP contribution in [0.25, 0.3) is 0 Å². The van der Waals surface area contributed by atoms with Gasteiger partial charge < -0.3 is 19.3 Å². The first kappa shape index (κ1) is 51.7. The van der Waals surface area contributed by atoms with Gasteiger partial charge in [-0.15, -0.1) is 0 Å². The molecule has 0 unspecified atom stereocenters. The number of sulfonamides is 2. The molecule has 346 valence electrons. The van der Waals surface area contributed by atoms with Crippen molar-refractivity contribution in [3.05, 3.63) is 70.4 Å². The molecule has 0 atom stereocenters. The number of nitrogens with zero attached hydrogens (tertiary/aromatic N) is 5. The first-order valence-electron chi connectivity index (χ1n) is 21.1. The first-order chi connectivity index (χ1) is 30.0. The van der Waals surface area contributed by atoms with Crippen LogP contribution in [0.1, 0.15) is 93.0 Å². The van der Waals surface area contributed by atoms with Gasteiger partial charge in [-0.2, -0.15) is 13.8 Å². The van der Waals surface area contributed by atoms with Gasteiger partial charge in [-0.3, -0.25) is 4.90 Å². The van der Waals surface area contributed by atoms with Crippen LogP contribution < -0.4 is 14.8 Å². The summed E-state index contributed by atoms with van der Waals surface area (Å²) in [5.74, 6) is -7.60. The first-order valence-corrected chi connectivity index (χ1v) is 24.8. The molecule has 25 heteroatoms. The Morgan fingerprint density at radius 3 is 1.42 bits per heavy atom. The molecule has 13 nitrogen and oxygen atoms in total. The summed E-state index contributed by atoms with van der Waals surface area (Å²) in [6.07, 6.45) is 5.59. The summed E-state index contributed by atoms with van der Waals surface area (Å²) in [7, 11) is 7.51. The monoisotopic (exact) mass is 938 g/mol. The van der Waals surface area contributed by atoms with Gasteiger partial charge >= 0.3 is 5.92 Å². The Labute approximate surface area is 376 Å². The molecule has 2 aromatic carbocycles. The largest absolute Gasteiger partial charge is 0.484 e. The van der Waals surface area contributed by atoms with E-state index in [9.17, 15) is 43.2 Å². The molecule has 4 saturated heterocycles. The molecular formula is C39H52B4F6N6O7S2. The lowest BCUT2D eigenvalue weighted by atomic mass is 9.08. The van der Waals surface area contributed by atoms with Crippen molar-refractivity contribution in [2.75, 3.05) is 64.9 Å². The van der Waals surface area contributed by atoms with E-state index < -0.39 is 73.3 Å². The highest BCUT2D eigenvalue weighted by Crippen LogP contribution is 2.36. The van der Waals surface area contributed by atoms with Crippen LogP contribution in [-0.2, 0) is 32.5 Å². The normalized spacial score (nSPS) is 19.6. The second kappa shape index (κ2) is 22.5. The van der Waals surface area contributed by atoms with Gasteiger partial charge in [-0.05, 0) is 112 Å². The lowest BCUT2D eigenvalue weighted by Crippen LogP contribution is -2.38. The third-order valence-corrected chi connectivity index (χ3v) is 14.0. The SMILES string of the molecule is CC(F)(F)c1noc(CN2CCC(Oc3c(F)cc(C4CCN(S(C)(=O)=O)CC4)cc3F)CC2)n1.CS(=O)(=O)N1CCC(c2cc(F)c(OC3CCNCC3)c(F)c2)CC1.[B]B([B])[B]. The fourth-order valence-corrected chi connectivity index (χ4v) is 9.77. The predicted molar refractivity (Wildman–Crippen MR) is 232 cm³/mol. The highest BCUT2D eigenvalue weighted by Gasteiger charge is 2.33. The van der Waals surface area contributed by atoms with E-state index in [1.165, 1.54) is 39.1 Å². The maximum atomic E-state index is 14.8. The van der Waals surface area contributed by atoms with E-state index in [1.807, 2.05) is 4.90 Å². The summed E-state index contributed by atoms with van der Waals surface area (Å²) in [6, 6.07) is 5.20. The highest BCUT2D eigenvalue weighted by atomic mass is 32.2. The molecule has 0 bridgehead atoms. The van der Waals surface area contributed by atoms with Gasteiger partial charge in [-0.25, -0.2) is 43.0 Å². The van der Waals surface area contributed by atoms with E-state index in [2.05, 4.69) is 38.7 Å². The zero-order valence-electron chi connectivity index (χ0n) is 36.1. The number of hydrogen-bond acceptors (Lipinski definition) is 11. The summed E-state index contributed by atoms with van der Waals surface area (Å²) in [5.41, 5.74) is 1.06. The number of benzene rings is 2. The summed E-state index contributed by atoms with van der Waals surface area (Å²) in [5, 5.41) is 6.48. The van der Waals surface area contributed by atoms with Gasteiger partial charge in [0.05, 0.1) is 19.1 Å². The summed E-state index contributed by atoms with van der Waals surface area (Å²) in [4.78, 5) is 5.64. The molecule has 1 aromatic heterocycles. The van der Waals surface area contributed by atoms with E-state index >= 15 is 0 Å². The Kier molecular flexibility index (Phi) is 18.2. The molecule has 0 aliphatic carbocycles. The number of aromatic nitrogens is 2. The topological polar surface area (TPSA) is 147 Å². The Balaban J connectivity index is 0.000000233. The van der Waals surface area contributed by atoms with Crippen molar-refractivity contribution in [2.45, 2.75) is 94.8 Å². The lowest BCUT2D eigenvalue weighted by molar-refractivity contribution is 0.00558. The molecule has 4 fully saturated rings. The number of hydrogen-bond donors (Lipinski definition) is 1. The fraction of sp³-hybridized carbons (Fsp3) is 0.641. The zero-order chi connectivity index (χ0) is 47.0. The Morgan fingerprint density at radius 1 is 0.703 bits per heavy atom. The summed E-state index contributed by atoms with van der Waals surface area (Å²) in [6.45, 7) is 4.85. The molecule has 6 radical (unpaired) electrons. The molecular weight excluding hydrogens is 886 g/mol. The average Bonchev–Trinajstić information content (AvgIpc) is 3.71. The van der Waals surface area contributed by atoms with E-state index in [0.29, 0.717) is 95.8 Å². The maximum Gasteiger partial charge on any atom is 0.307 e. The number of piperidine rings is 4. The third-order valence-electron chi connectivity index (χ3n) is 11.4. The molecule has 0 saturated carbocycles. The van der Waals surface area contributed by atoms with Crippen molar-refractivity contribution < 1.29 is 57.2 Å². The number of ether oxygens (including phenoxy) is 2. The molecule has 1 N–H and O–H groups in total. The fourth-order valence-electron chi connectivity index (χ4n) is 8.02. The van der Waals surface area contributed by atoms with Gasteiger partial charge in [0.25, 0.3) is 0 Å². The van der Waals surface area contributed by atoms with Crippen LogP contribution in [0.4, 0.5) is 26.3 Å². The van der Waals surface area contributed by atoms with E-state index in [4.69, 9.17) is 14.0 Å². The van der Waals surface area contributed by atoms with Gasteiger partial charge in [0.1, 0.15) is 12.2 Å². The van der Waals surface area contributed by atoms with Crippen LogP contribution in [0.15, 0.2) is 28.8 Å². The molecule has 3 aromatic rings. The van der Waals surface area contributed by atoms with Crippen LogP contribution in [0.5, 0.6) is 11.5 Å². The zero-order valence-corrected chi connectivity index (χ0v) is 37.8. The van der Waals surface area contributed by atoms with Crippen molar-refractivity contribution in [1.82, 2.24) is 29.0 Å². The van der Waals surface area contributed by atoms with Crippen LogP contribution >= 0.6 is 0 Å². The number of rotatable bonds is 11. The van der Waals surface area contributed by atoms with Crippen molar-refractivity contribution >= 4 is 49.6 Å². The van der Waals surface area contributed by atoms with Crippen LogP contribution in [0.3, 0.4) is 0 Å². The second-order valence-corrected chi connectivity index (χ2v) is 20.6. The van der Waals surface area contributed by atoms with Crippen LogP contribution in [-0.4, -0.2) is 147 Å².